The highest BCUT2D eigenvalue weighted by Gasteiger charge is 2.61. The number of rotatable bonds is 13. The van der Waals surface area contributed by atoms with Crippen LogP contribution in [0, 0.1) is 22.7 Å². The molecule has 12 nitrogen and oxygen atoms in total. The van der Waals surface area contributed by atoms with E-state index in [0.29, 0.717) is 19.3 Å². The molecule has 2 heterocycles. The lowest BCUT2D eigenvalue weighted by Crippen LogP contribution is -2.49. The summed E-state index contributed by atoms with van der Waals surface area (Å²) in [5.74, 6) is -2.92. The molecule has 6 rings (SSSR count). The van der Waals surface area contributed by atoms with Gasteiger partial charge in [0.2, 0.25) is 21.8 Å². The molecule has 13 heteroatoms. The molecular formula is C36H47N5O7S. The predicted octanol–water partition coefficient (Wildman–Crippen LogP) is 4.15. The average Bonchev–Trinajstić information content (AvgIpc) is 3.79. The molecule has 0 spiro atoms. The summed E-state index contributed by atoms with van der Waals surface area (Å²) in [7, 11) is -3.82. The van der Waals surface area contributed by atoms with Crippen LogP contribution in [0.25, 0.3) is 5.69 Å². The second kappa shape index (κ2) is 13.4. The summed E-state index contributed by atoms with van der Waals surface area (Å²) in [6, 6.07) is 8.51. The van der Waals surface area contributed by atoms with Crippen LogP contribution in [0.2, 0.25) is 0 Å². The quantitative estimate of drug-likeness (QED) is 0.241. The molecule has 0 bridgehead atoms. The van der Waals surface area contributed by atoms with Gasteiger partial charge in [0.25, 0.3) is 0 Å². The fraction of sp³-hybridized carbons (Fsp3) is 0.583. The predicted molar refractivity (Wildman–Crippen MR) is 183 cm³/mol. The van der Waals surface area contributed by atoms with E-state index >= 15 is 0 Å². The van der Waals surface area contributed by atoms with Crippen molar-refractivity contribution in [1.82, 2.24) is 19.4 Å². The molecular weight excluding hydrogens is 646 g/mol. The number of hydrogen-bond acceptors (Lipinski definition) is 9. The molecule has 4 fully saturated rings. The van der Waals surface area contributed by atoms with Crippen LogP contribution in [0.1, 0.15) is 78.6 Å². The number of carbonyl (C=O) groups excluding carboxylic acids is 4. The normalized spacial score (nSPS) is 24.8. The van der Waals surface area contributed by atoms with Crippen molar-refractivity contribution in [3.05, 3.63) is 55.4 Å². The zero-order chi connectivity index (χ0) is 35.1. The van der Waals surface area contributed by atoms with Crippen molar-refractivity contribution in [3.63, 3.8) is 0 Å². The van der Waals surface area contributed by atoms with E-state index in [1.165, 1.54) is 4.90 Å². The summed E-state index contributed by atoms with van der Waals surface area (Å²) in [5, 5.41) is 3.69. The van der Waals surface area contributed by atoms with Gasteiger partial charge in [0, 0.05) is 31.0 Å². The molecule has 4 aliphatic rings. The molecule has 0 unspecified atom stereocenters. The molecule has 1 aromatic heterocycles. The van der Waals surface area contributed by atoms with E-state index in [-0.39, 0.29) is 49.8 Å². The van der Waals surface area contributed by atoms with Gasteiger partial charge in [-0.3, -0.25) is 23.9 Å². The lowest BCUT2D eigenvalue weighted by atomic mass is 9.77. The highest BCUT2D eigenvalue weighted by atomic mass is 32.2. The summed E-state index contributed by atoms with van der Waals surface area (Å²) in [6.45, 7) is 9.79. The molecule has 1 aliphatic heterocycles. The third kappa shape index (κ3) is 7.46. The molecule has 1 N–H and O–H groups in total. The molecule has 2 amide bonds. The number of esters is 1. The number of ketones is 1. The van der Waals surface area contributed by atoms with Crippen LogP contribution >= 0.6 is 0 Å². The smallest absolute Gasteiger partial charge is 0.306 e. The first kappa shape index (κ1) is 34.8. The number of aromatic nitrogens is 2. The second-order valence-corrected chi connectivity index (χ2v) is 17.2. The van der Waals surface area contributed by atoms with E-state index in [9.17, 15) is 27.6 Å². The van der Waals surface area contributed by atoms with Gasteiger partial charge in [0.15, 0.2) is 5.78 Å². The number of anilines is 1. The molecule has 2 aromatic rings. The lowest BCUT2D eigenvalue weighted by molar-refractivity contribution is -0.156. The summed E-state index contributed by atoms with van der Waals surface area (Å²) in [5.41, 5.74) is -0.236. The molecule has 264 valence electrons. The van der Waals surface area contributed by atoms with Crippen LogP contribution in [0.15, 0.2) is 55.4 Å². The molecule has 49 heavy (non-hydrogen) atoms. The van der Waals surface area contributed by atoms with Gasteiger partial charge in [-0.05, 0) is 86.6 Å². The van der Waals surface area contributed by atoms with E-state index in [1.807, 2.05) is 62.2 Å². The van der Waals surface area contributed by atoms with E-state index < -0.39 is 49.9 Å². The molecule has 3 aliphatic carbocycles. The van der Waals surface area contributed by atoms with Gasteiger partial charge in [-0.15, -0.1) is 6.58 Å². The number of hydrogen-bond donors (Lipinski definition) is 1. The minimum absolute atomic E-state index is 0.0980. The molecule has 1 saturated heterocycles. The Morgan fingerprint density at radius 3 is 2.33 bits per heavy atom. The Morgan fingerprint density at radius 2 is 1.76 bits per heavy atom. The van der Waals surface area contributed by atoms with Crippen LogP contribution in [-0.2, 0) is 33.9 Å². The van der Waals surface area contributed by atoms with Gasteiger partial charge >= 0.3 is 5.97 Å². The van der Waals surface area contributed by atoms with Crippen molar-refractivity contribution in [2.45, 2.75) is 96.0 Å². The first-order chi connectivity index (χ1) is 23.2. The lowest BCUT2D eigenvalue weighted by Gasteiger charge is -2.34. The number of Topliss-reactive ketones (excluding diaryl/α,β-unsaturated/α-hetero) is 1. The number of benzene rings is 1. The van der Waals surface area contributed by atoms with E-state index in [4.69, 9.17) is 4.74 Å². The van der Waals surface area contributed by atoms with E-state index in [1.54, 1.807) is 17.0 Å². The van der Waals surface area contributed by atoms with E-state index in [0.717, 1.165) is 37.1 Å². The highest BCUT2D eigenvalue weighted by molar-refractivity contribution is 7.90. The average molecular weight is 694 g/mol. The summed E-state index contributed by atoms with van der Waals surface area (Å²) >= 11 is 0. The highest BCUT2D eigenvalue weighted by Crippen LogP contribution is 2.57. The monoisotopic (exact) mass is 693 g/mol. The summed E-state index contributed by atoms with van der Waals surface area (Å²) < 4.78 is 35.1. The zero-order valence-electron chi connectivity index (χ0n) is 28.5. The Hall–Kier alpha value is -4.00. The minimum atomic E-state index is -3.82. The van der Waals surface area contributed by atoms with Crippen molar-refractivity contribution in [2.75, 3.05) is 18.1 Å². The summed E-state index contributed by atoms with van der Waals surface area (Å²) in [4.78, 5) is 58.9. The SMILES string of the molecule is C=C[C@@H]1C[C@]1(CC(=O)[C@@H]1CN(c2ccc(-n3cccn3)cc2)CN1C(=O)[C@@H](CC(=O)OC1CCCC1)C(C)(C)C)C(=O)NS(=O)(=O)C1CC1. The number of allylic oxidation sites excluding steroid dienone is 1. The number of amides is 2. The van der Waals surface area contributed by atoms with Crippen LogP contribution < -0.4 is 9.62 Å². The number of nitrogens with zero attached hydrogens (tertiary/aromatic N) is 4. The standard InChI is InChI=1S/C36H47N5O7S/c1-5-24-20-36(24,34(45)38-49(46,47)28-15-16-28)21-31(42)30-22-39(25-11-13-26(14-12-25)41-18-8-17-37-41)23-40(30)33(44)29(35(2,3)4)19-32(43)48-27-9-6-7-10-27/h5,8,11-14,17-18,24,27-30H,1,6-7,9-10,15-16,19-23H2,2-4H3,(H,38,45)/t24-,29-,30+,36-/m1/s1. The van der Waals surface area contributed by atoms with Crippen LogP contribution in [-0.4, -0.2) is 77.3 Å². The number of nitrogens with one attached hydrogen (secondary N) is 1. The number of ether oxygens (including phenoxy) is 1. The van der Waals surface area contributed by atoms with Crippen molar-refractivity contribution in [1.29, 1.82) is 0 Å². The fourth-order valence-electron chi connectivity index (χ4n) is 7.25. The maximum Gasteiger partial charge on any atom is 0.306 e. The first-order valence-corrected chi connectivity index (χ1v) is 18.8. The Labute approximate surface area is 288 Å². The number of carbonyl (C=O) groups is 4. The summed E-state index contributed by atoms with van der Waals surface area (Å²) in [6.07, 6.45) is 9.59. The Balaban J connectivity index is 1.26. The number of sulfonamides is 1. The third-order valence-electron chi connectivity index (χ3n) is 10.6. The van der Waals surface area contributed by atoms with Gasteiger partial charge < -0.3 is 14.5 Å². The van der Waals surface area contributed by atoms with Crippen LogP contribution in [0.4, 0.5) is 5.69 Å². The third-order valence-corrected chi connectivity index (χ3v) is 12.4. The second-order valence-electron chi connectivity index (χ2n) is 15.2. The maximum atomic E-state index is 14.5. The molecule has 1 aromatic carbocycles. The van der Waals surface area contributed by atoms with Crippen molar-refractivity contribution >= 4 is 39.3 Å². The Kier molecular flexibility index (Phi) is 9.51. The maximum absolute atomic E-state index is 14.5. The largest absolute Gasteiger partial charge is 0.462 e. The van der Waals surface area contributed by atoms with Gasteiger partial charge in [-0.1, -0.05) is 26.8 Å². The van der Waals surface area contributed by atoms with E-state index in [2.05, 4.69) is 16.4 Å². The topological polar surface area (TPSA) is 148 Å². The van der Waals surface area contributed by atoms with Gasteiger partial charge in [-0.25, -0.2) is 13.1 Å². The zero-order valence-corrected chi connectivity index (χ0v) is 29.4. The van der Waals surface area contributed by atoms with Crippen LogP contribution in [0.5, 0.6) is 0 Å². The molecule has 0 radical (unpaired) electrons. The van der Waals surface area contributed by atoms with Crippen LogP contribution in [0.3, 0.4) is 0 Å². The Bertz CT molecular complexity index is 1690. The minimum Gasteiger partial charge on any atom is -0.462 e. The Morgan fingerprint density at radius 1 is 1.08 bits per heavy atom. The molecule has 3 saturated carbocycles. The van der Waals surface area contributed by atoms with Crippen molar-refractivity contribution in [3.8, 4) is 5.69 Å². The first-order valence-electron chi connectivity index (χ1n) is 17.3. The van der Waals surface area contributed by atoms with Gasteiger partial charge in [0.05, 0.1) is 35.4 Å². The van der Waals surface area contributed by atoms with Crippen molar-refractivity contribution < 1.29 is 32.3 Å². The van der Waals surface area contributed by atoms with Gasteiger partial charge in [0.1, 0.15) is 12.1 Å². The van der Waals surface area contributed by atoms with Gasteiger partial charge in [-0.2, -0.15) is 5.10 Å². The fourth-order valence-corrected chi connectivity index (χ4v) is 8.64. The molecule has 4 atom stereocenters. The van der Waals surface area contributed by atoms with Crippen molar-refractivity contribution in [2.24, 2.45) is 22.7 Å².